The molecule has 1 aliphatic carbocycles. The van der Waals surface area contributed by atoms with E-state index in [4.69, 9.17) is 10.3 Å². The van der Waals surface area contributed by atoms with E-state index in [1.54, 1.807) is 6.07 Å². The van der Waals surface area contributed by atoms with Gasteiger partial charge >= 0.3 is 0 Å². The summed E-state index contributed by atoms with van der Waals surface area (Å²) in [4.78, 5) is 14.9. The van der Waals surface area contributed by atoms with Gasteiger partial charge in [-0.3, -0.25) is 4.79 Å². The van der Waals surface area contributed by atoms with Crippen LogP contribution in [0.25, 0.3) is 10.4 Å². The maximum atomic E-state index is 13.4. The highest BCUT2D eigenvalue weighted by Gasteiger charge is 2.31. The first-order valence-corrected chi connectivity index (χ1v) is 6.08. The monoisotopic (exact) mass is 263 g/mol. The highest BCUT2D eigenvalue weighted by atomic mass is 19.1. The van der Waals surface area contributed by atoms with Crippen LogP contribution in [-0.4, -0.2) is 18.9 Å². The summed E-state index contributed by atoms with van der Waals surface area (Å²) in [5.74, 6) is -0.784. The molecule has 6 heteroatoms. The summed E-state index contributed by atoms with van der Waals surface area (Å²) < 4.78 is 18.3. The van der Waals surface area contributed by atoms with E-state index in [0.717, 1.165) is 6.42 Å². The number of benzene rings is 1. The van der Waals surface area contributed by atoms with Crippen LogP contribution in [0.4, 0.5) is 4.39 Å². The SMILES string of the molecule is COc1cc(C2CCCC(N=[N+]=[N-])C2=O)ccc1F. The van der Waals surface area contributed by atoms with E-state index in [1.807, 2.05) is 0 Å². The van der Waals surface area contributed by atoms with Crippen molar-refractivity contribution in [3.8, 4) is 5.75 Å². The molecule has 2 atom stereocenters. The Bertz CT molecular complexity index is 541. The second-order valence-corrected chi connectivity index (χ2v) is 4.50. The molecule has 1 aliphatic rings. The number of ether oxygens (including phenoxy) is 1. The first kappa shape index (κ1) is 13.4. The third kappa shape index (κ3) is 2.69. The lowest BCUT2D eigenvalue weighted by atomic mass is 9.80. The first-order chi connectivity index (χ1) is 9.17. The zero-order valence-corrected chi connectivity index (χ0v) is 10.5. The predicted molar refractivity (Wildman–Crippen MR) is 67.5 cm³/mol. The number of nitrogens with zero attached hydrogens (tertiary/aromatic N) is 3. The van der Waals surface area contributed by atoms with E-state index in [1.165, 1.54) is 19.2 Å². The number of Topliss-reactive ketones (excluding diaryl/α,β-unsaturated/α-hetero) is 1. The summed E-state index contributed by atoms with van der Waals surface area (Å²) in [7, 11) is 1.38. The Labute approximate surface area is 110 Å². The Hall–Kier alpha value is -2.07. The fourth-order valence-electron chi connectivity index (χ4n) is 2.43. The molecule has 0 N–H and O–H groups in total. The maximum Gasteiger partial charge on any atom is 0.165 e. The molecule has 2 unspecified atom stereocenters. The molecule has 0 heterocycles. The van der Waals surface area contributed by atoms with Gasteiger partial charge in [-0.2, -0.15) is 0 Å². The van der Waals surface area contributed by atoms with Crippen molar-refractivity contribution in [1.29, 1.82) is 0 Å². The Kier molecular flexibility index (Phi) is 4.02. The lowest BCUT2D eigenvalue weighted by molar-refractivity contribution is -0.123. The van der Waals surface area contributed by atoms with Gasteiger partial charge in [0.15, 0.2) is 11.6 Å². The molecule has 1 saturated carbocycles. The zero-order valence-electron chi connectivity index (χ0n) is 10.5. The van der Waals surface area contributed by atoms with Crippen molar-refractivity contribution in [2.75, 3.05) is 7.11 Å². The van der Waals surface area contributed by atoms with Gasteiger partial charge in [-0.1, -0.05) is 17.6 Å². The topological polar surface area (TPSA) is 75.1 Å². The Morgan fingerprint density at radius 2 is 2.26 bits per heavy atom. The molecule has 19 heavy (non-hydrogen) atoms. The highest BCUT2D eigenvalue weighted by Crippen LogP contribution is 2.33. The molecule has 2 rings (SSSR count). The van der Waals surface area contributed by atoms with Gasteiger partial charge in [-0.05, 0) is 36.1 Å². The van der Waals surface area contributed by atoms with Gasteiger partial charge in [0.1, 0.15) is 5.78 Å². The van der Waals surface area contributed by atoms with E-state index >= 15 is 0 Å². The lowest BCUT2D eigenvalue weighted by Crippen LogP contribution is -2.29. The van der Waals surface area contributed by atoms with Gasteiger partial charge < -0.3 is 4.74 Å². The largest absolute Gasteiger partial charge is 0.494 e. The van der Waals surface area contributed by atoms with Crippen LogP contribution in [0.3, 0.4) is 0 Å². The van der Waals surface area contributed by atoms with Crippen LogP contribution in [-0.2, 0) is 4.79 Å². The van der Waals surface area contributed by atoms with Crippen LogP contribution in [0.2, 0.25) is 0 Å². The van der Waals surface area contributed by atoms with Gasteiger partial charge in [0, 0.05) is 10.8 Å². The summed E-state index contributed by atoms with van der Waals surface area (Å²) in [5, 5.41) is 3.53. The second-order valence-electron chi connectivity index (χ2n) is 4.50. The number of azide groups is 1. The molecule has 0 saturated heterocycles. The number of hydrogen-bond acceptors (Lipinski definition) is 3. The molecule has 0 bridgehead atoms. The molecule has 5 nitrogen and oxygen atoms in total. The number of carbonyl (C=O) groups excluding carboxylic acids is 1. The van der Waals surface area contributed by atoms with E-state index in [2.05, 4.69) is 10.0 Å². The third-order valence-electron chi connectivity index (χ3n) is 3.41. The molecule has 0 aromatic heterocycles. The average molecular weight is 263 g/mol. The fourth-order valence-corrected chi connectivity index (χ4v) is 2.43. The quantitative estimate of drug-likeness (QED) is 0.476. The maximum absolute atomic E-state index is 13.4. The summed E-state index contributed by atoms with van der Waals surface area (Å²) >= 11 is 0. The standard InChI is InChI=1S/C13H14FN3O2/c1-19-12-7-8(5-6-10(12)14)9-3-2-4-11(13(9)18)16-17-15/h5-7,9,11H,2-4H2,1H3. The number of ketones is 1. The number of rotatable bonds is 3. The van der Waals surface area contributed by atoms with E-state index in [9.17, 15) is 9.18 Å². The van der Waals surface area contributed by atoms with Crippen LogP contribution < -0.4 is 4.74 Å². The molecule has 1 fully saturated rings. The second kappa shape index (κ2) is 5.71. The smallest absolute Gasteiger partial charge is 0.165 e. The number of methoxy groups -OCH3 is 1. The van der Waals surface area contributed by atoms with Crippen molar-refractivity contribution in [3.63, 3.8) is 0 Å². The zero-order chi connectivity index (χ0) is 13.8. The van der Waals surface area contributed by atoms with Crippen molar-refractivity contribution in [1.82, 2.24) is 0 Å². The third-order valence-corrected chi connectivity index (χ3v) is 3.41. The van der Waals surface area contributed by atoms with Gasteiger partial charge in [-0.25, -0.2) is 4.39 Å². The minimum atomic E-state index is -0.611. The lowest BCUT2D eigenvalue weighted by Gasteiger charge is -2.25. The highest BCUT2D eigenvalue weighted by molar-refractivity contribution is 5.91. The van der Waals surface area contributed by atoms with Crippen molar-refractivity contribution in [2.45, 2.75) is 31.2 Å². The van der Waals surface area contributed by atoms with Gasteiger partial charge in [0.25, 0.3) is 0 Å². The molecule has 1 aromatic carbocycles. The molecule has 1 aromatic rings. The Balaban J connectivity index is 2.30. The van der Waals surface area contributed by atoms with Crippen LogP contribution in [0.1, 0.15) is 30.7 Å². The van der Waals surface area contributed by atoms with Crippen molar-refractivity contribution < 1.29 is 13.9 Å². The molecular formula is C13H14FN3O2. The first-order valence-electron chi connectivity index (χ1n) is 6.08. The number of carbonyl (C=O) groups is 1. The predicted octanol–water partition coefficient (Wildman–Crippen LogP) is 3.35. The Morgan fingerprint density at radius 1 is 1.47 bits per heavy atom. The number of halogens is 1. The minimum absolute atomic E-state index is 0.0993. The summed E-state index contributed by atoms with van der Waals surface area (Å²) in [6.45, 7) is 0. The molecule has 0 aliphatic heterocycles. The Morgan fingerprint density at radius 3 is 2.95 bits per heavy atom. The molecule has 0 amide bonds. The van der Waals surface area contributed by atoms with Crippen LogP contribution in [0, 0.1) is 5.82 Å². The van der Waals surface area contributed by atoms with Crippen molar-refractivity contribution in [2.24, 2.45) is 5.11 Å². The molecular weight excluding hydrogens is 249 g/mol. The van der Waals surface area contributed by atoms with Gasteiger partial charge in [0.05, 0.1) is 13.2 Å². The normalized spacial score (nSPS) is 22.7. The molecule has 0 spiro atoms. The van der Waals surface area contributed by atoms with Gasteiger partial charge in [0.2, 0.25) is 0 Å². The van der Waals surface area contributed by atoms with Crippen molar-refractivity contribution >= 4 is 5.78 Å². The van der Waals surface area contributed by atoms with E-state index in [0.29, 0.717) is 18.4 Å². The molecule has 0 radical (unpaired) electrons. The van der Waals surface area contributed by atoms with Crippen molar-refractivity contribution in [3.05, 3.63) is 40.0 Å². The van der Waals surface area contributed by atoms with E-state index < -0.39 is 11.9 Å². The number of hydrogen-bond donors (Lipinski definition) is 0. The van der Waals surface area contributed by atoms with E-state index in [-0.39, 0.29) is 17.5 Å². The molecule has 100 valence electrons. The van der Waals surface area contributed by atoms with Crippen LogP contribution in [0.15, 0.2) is 23.3 Å². The summed E-state index contributed by atoms with van der Waals surface area (Å²) in [6.07, 6.45) is 2.07. The fraction of sp³-hybridized carbons (Fsp3) is 0.462. The minimum Gasteiger partial charge on any atom is -0.494 e. The van der Waals surface area contributed by atoms with Crippen LogP contribution in [0.5, 0.6) is 5.75 Å². The van der Waals surface area contributed by atoms with Gasteiger partial charge in [-0.15, -0.1) is 0 Å². The summed E-state index contributed by atoms with van der Waals surface area (Å²) in [6, 6.07) is 3.80. The van der Waals surface area contributed by atoms with Crippen LogP contribution >= 0.6 is 0 Å². The average Bonchev–Trinajstić information content (AvgIpc) is 2.42. The summed E-state index contributed by atoms with van der Waals surface area (Å²) in [5.41, 5.74) is 9.16.